The SMILES string of the molecule is NC(COCCOCCOCCOCCOCCOc1cc(C(=O)O)ccc1C(=O)O)C(=O)OCC1c2ccccc2-c2ccccc21. The van der Waals surface area contributed by atoms with Crippen LogP contribution in [-0.2, 0) is 33.2 Å². The van der Waals surface area contributed by atoms with Crippen molar-refractivity contribution in [3.05, 3.63) is 89.0 Å². The number of rotatable bonds is 23. The molecule has 0 fully saturated rings. The van der Waals surface area contributed by atoms with Crippen LogP contribution in [0.4, 0.5) is 0 Å². The summed E-state index contributed by atoms with van der Waals surface area (Å²) in [5, 5.41) is 18.3. The number of carboxylic acids is 2. The number of hydrogen-bond donors (Lipinski definition) is 3. The van der Waals surface area contributed by atoms with Crippen molar-refractivity contribution in [1.82, 2.24) is 0 Å². The van der Waals surface area contributed by atoms with Crippen molar-refractivity contribution in [2.24, 2.45) is 5.73 Å². The van der Waals surface area contributed by atoms with Gasteiger partial charge in [-0.05, 0) is 40.5 Å². The maximum absolute atomic E-state index is 12.5. The summed E-state index contributed by atoms with van der Waals surface area (Å²) >= 11 is 0. The molecule has 4 rings (SSSR count). The van der Waals surface area contributed by atoms with Crippen molar-refractivity contribution in [3.63, 3.8) is 0 Å². The highest BCUT2D eigenvalue weighted by atomic mass is 16.6. The zero-order valence-corrected chi connectivity index (χ0v) is 26.5. The monoisotopic (exact) mass is 667 g/mol. The fourth-order valence-electron chi connectivity index (χ4n) is 5.03. The Kier molecular flexibility index (Phi) is 14.8. The van der Waals surface area contributed by atoms with E-state index in [9.17, 15) is 19.5 Å². The van der Waals surface area contributed by atoms with Crippen LogP contribution in [0.1, 0.15) is 37.8 Å². The normalized spacial score (nSPS) is 12.7. The summed E-state index contributed by atoms with van der Waals surface area (Å²) in [4.78, 5) is 34.9. The topological polar surface area (TPSA) is 182 Å². The molecule has 258 valence electrons. The molecule has 0 bridgehead atoms. The smallest absolute Gasteiger partial charge is 0.339 e. The number of carbonyl (C=O) groups is 3. The Morgan fingerprint density at radius 3 is 1.67 bits per heavy atom. The Morgan fingerprint density at radius 1 is 0.646 bits per heavy atom. The highest BCUT2D eigenvalue weighted by molar-refractivity contribution is 5.94. The largest absolute Gasteiger partial charge is 0.490 e. The van der Waals surface area contributed by atoms with E-state index in [4.69, 9.17) is 44.0 Å². The van der Waals surface area contributed by atoms with Crippen molar-refractivity contribution >= 4 is 17.9 Å². The molecule has 0 amide bonds. The van der Waals surface area contributed by atoms with Gasteiger partial charge in [0.25, 0.3) is 0 Å². The van der Waals surface area contributed by atoms with Crippen LogP contribution in [0.25, 0.3) is 11.1 Å². The maximum atomic E-state index is 12.5. The molecule has 3 aromatic carbocycles. The van der Waals surface area contributed by atoms with Gasteiger partial charge in [-0.15, -0.1) is 0 Å². The molecule has 1 unspecified atom stereocenters. The van der Waals surface area contributed by atoms with Gasteiger partial charge >= 0.3 is 17.9 Å². The molecule has 1 atom stereocenters. The van der Waals surface area contributed by atoms with E-state index in [-0.39, 0.29) is 55.8 Å². The number of nitrogens with two attached hydrogens (primary N) is 1. The average Bonchev–Trinajstić information content (AvgIpc) is 3.41. The molecule has 0 radical (unpaired) electrons. The second kappa shape index (κ2) is 19.5. The van der Waals surface area contributed by atoms with Crippen molar-refractivity contribution in [2.45, 2.75) is 12.0 Å². The Labute approximate surface area is 278 Å². The van der Waals surface area contributed by atoms with Gasteiger partial charge in [0.1, 0.15) is 30.6 Å². The first kappa shape index (κ1) is 36.5. The van der Waals surface area contributed by atoms with Crippen LogP contribution in [-0.4, -0.2) is 113 Å². The molecule has 0 heterocycles. The fourth-order valence-corrected chi connectivity index (χ4v) is 5.03. The van der Waals surface area contributed by atoms with Gasteiger partial charge in [-0.25, -0.2) is 9.59 Å². The molecule has 0 saturated heterocycles. The molecule has 4 N–H and O–H groups in total. The van der Waals surface area contributed by atoms with Gasteiger partial charge in [-0.2, -0.15) is 0 Å². The van der Waals surface area contributed by atoms with Gasteiger partial charge in [0, 0.05) is 5.92 Å². The molecule has 0 aliphatic heterocycles. The Balaban J connectivity index is 0.941. The number of aromatic carboxylic acids is 2. The molecule has 48 heavy (non-hydrogen) atoms. The fraction of sp³-hybridized carbons (Fsp3) is 0.400. The molecule has 0 spiro atoms. The highest BCUT2D eigenvalue weighted by Crippen LogP contribution is 2.44. The molecule has 0 saturated carbocycles. The van der Waals surface area contributed by atoms with Crippen LogP contribution in [0.3, 0.4) is 0 Å². The van der Waals surface area contributed by atoms with E-state index in [1.165, 1.54) is 18.2 Å². The first-order valence-corrected chi connectivity index (χ1v) is 15.6. The predicted octanol–water partition coefficient (Wildman–Crippen LogP) is 3.23. The van der Waals surface area contributed by atoms with E-state index in [0.717, 1.165) is 22.3 Å². The summed E-state index contributed by atoms with van der Waals surface area (Å²) in [5.74, 6) is -2.97. The molecule has 13 nitrogen and oxygen atoms in total. The molecular formula is C35H41NO12. The van der Waals surface area contributed by atoms with Crippen LogP contribution in [0, 0.1) is 0 Å². The average molecular weight is 668 g/mol. The number of carbonyl (C=O) groups excluding carboxylic acids is 1. The van der Waals surface area contributed by atoms with Crippen molar-refractivity contribution in [1.29, 1.82) is 0 Å². The maximum Gasteiger partial charge on any atom is 0.339 e. The third-order valence-corrected chi connectivity index (χ3v) is 7.39. The highest BCUT2D eigenvalue weighted by Gasteiger charge is 2.29. The van der Waals surface area contributed by atoms with E-state index in [1.807, 2.05) is 24.3 Å². The van der Waals surface area contributed by atoms with Gasteiger partial charge in [0.2, 0.25) is 0 Å². The number of carboxylic acid groups (broad SMARTS) is 2. The van der Waals surface area contributed by atoms with Crippen LogP contribution in [0.2, 0.25) is 0 Å². The number of ether oxygens (including phenoxy) is 7. The third-order valence-electron chi connectivity index (χ3n) is 7.39. The predicted molar refractivity (Wildman–Crippen MR) is 173 cm³/mol. The summed E-state index contributed by atoms with van der Waals surface area (Å²) in [5.41, 5.74) is 10.4. The minimum atomic E-state index is -1.22. The van der Waals surface area contributed by atoms with E-state index in [2.05, 4.69) is 24.3 Å². The lowest BCUT2D eigenvalue weighted by molar-refractivity contribution is -0.147. The van der Waals surface area contributed by atoms with Crippen LogP contribution in [0.15, 0.2) is 66.7 Å². The minimum absolute atomic E-state index is 0.0247. The third kappa shape index (κ3) is 10.8. The lowest BCUT2D eigenvalue weighted by atomic mass is 9.98. The first-order valence-electron chi connectivity index (χ1n) is 15.6. The summed E-state index contributed by atoms with van der Waals surface area (Å²) in [7, 11) is 0. The second-order valence-electron chi connectivity index (χ2n) is 10.7. The van der Waals surface area contributed by atoms with E-state index < -0.39 is 23.9 Å². The van der Waals surface area contributed by atoms with E-state index in [0.29, 0.717) is 46.2 Å². The van der Waals surface area contributed by atoms with Gasteiger partial charge < -0.3 is 49.1 Å². The van der Waals surface area contributed by atoms with Crippen molar-refractivity contribution in [3.8, 4) is 16.9 Å². The summed E-state index contributed by atoms with van der Waals surface area (Å²) < 4.78 is 38.2. The van der Waals surface area contributed by atoms with E-state index >= 15 is 0 Å². The van der Waals surface area contributed by atoms with Gasteiger partial charge in [-0.3, -0.25) is 4.79 Å². The van der Waals surface area contributed by atoms with Gasteiger partial charge in [0.05, 0.1) is 71.6 Å². The number of fused-ring (bicyclic) bond motifs is 3. The van der Waals surface area contributed by atoms with Crippen molar-refractivity contribution in [2.75, 3.05) is 79.3 Å². The second-order valence-corrected chi connectivity index (χ2v) is 10.7. The lowest BCUT2D eigenvalue weighted by Crippen LogP contribution is -2.37. The van der Waals surface area contributed by atoms with Crippen LogP contribution >= 0.6 is 0 Å². The Morgan fingerprint density at radius 2 is 1.15 bits per heavy atom. The number of benzene rings is 3. The molecule has 0 aromatic heterocycles. The molecule has 3 aromatic rings. The quantitative estimate of drug-likeness (QED) is 0.0991. The molecular weight excluding hydrogens is 626 g/mol. The lowest BCUT2D eigenvalue weighted by Gasteiger charge is -2.16. The standard InChI is InChI=1S/C35H41NO12/c36-31(35(41)48-22-30-27-7-3-1-5-25(27)26-6-2-4-8-28(26)30)23-46-18-17-44-14-13-42-11-12-43-15-16-45-19-20-47-32-21-24(33(37)38)9-10-29(32)34(39)40/h1-10,21,30-31H,11-20,22-23,36H2,(H,37,38)(H,39,40). The van der Waals surface area contributed by atoms with E-state index in [1.54, 1.807) is 0 Å². The van der Waals surface area contributed by atoms with Gasteiger partial charge in [0.15, 0.2) is 0 Å². The summed E-state index contributed by atoms with van der Waals surface area (Å²) in [6.07, 6.45) is 0. The van der Waals surface area contributed by atoms with Crippen LogP contribution in [0.5, 0.6) is 5.75 Å². The molecule has 13 heteroatoms. The zero-order valence-electron chi connectivity index (χ0n) is 26.5. The Hall–Kier alpha value is -4.37. The summed E-state index contributed by atoms with van der Waals surface area (Å²) in [6.45, 7) is 3.12. The Bertz CT molecular complexity index is 1450. The minimum Gasteiger partial charge on any atom is -0.490 e. The molecule has 1 aliphatic carbocycles. The van der Waals surface area contributed by atoms with Gasteiger partial charge in [-0.1, -0.05) is 48.5 Å². The first-order chi connectivity index (χ1) is 23.4. The van der Waals surface area contributed by atoms with Crippen LogP contribution < -0.4 is 10.5 Å². The number of hydrogen-bond acceptors (Lipinski definition) is 11. The summed E-state index contributed by atoms with van der Waals surface area (Å²) in [6, 6.07) is 18.9. The molecule has 1 aliphatic rings. The number of esters is 1. The van der Waals surface area contributed by atoms with Crippen molar-refractivity contribution < 1.29 is 57.8 Å². The zero-order chi connectivity index (χ0) is 34.1.